The van der Waals surface area contributed by atoms with E-state index in [9.17, 15) is 0 Å². The molecule has 30 heavy (non-hydrogen) atoms. The molecule has 2 aromatic rings. The van der Waals surface area contributed by atoms with Gasteiger partial charge in [-0.1, -0.05) is 19.0 Å². The molecule has 0 unspecified atom stereocenters. The largest absolute Gasteiger partial charge is 0.359 e. The quantitative estimate of drug-likeness (QED) is 0.326. The topological polar surface area (TPSA) is 81.8 Å². The molecule has 0 spiro atoms. The summed E-state index contributed by atoms with van der Waals surface area (Å²) in [4.78, 5) is 14.0. The van der Waals surface area contributed by atoms with Crippen molar-refractivity contribution in [2.75, 3.05) is 44.7 Å². The Kier molecular flexibility index (Phi) is 9.83. The van der Waals surface area contributed by atoms with Gasteiger partial charge in [-0.25, -0.2) is 9.98 Å². The minimum absolute atomic E-state index is 0. The van der Waals surface area contributed by atoms with Crippen LogP contribution < -0.4 is 15.5 Å². The van der Waals surface area contributed by atoms with Crippen LogP contribution in [0.2, 0.25) is 0 Å². The molecule has 166 valence electrons. The van der Waals surface area contributed by atoms with Crippen molar-refractivity contribution in [3.8, 4) is 0 Å². The lowest BCUT2D eigenvalue weighted by molar-refractivity contribution is 0.312. The van der Waals surface area contributed by atoms with Crippen LogP contribution in [0.3, 0.4) is 0 Å². The Bertz CT molecular complexity index is 800. The Morgan fingerprint density at radius 3 is 2.63 bits per heavy atom. The van der Waals surface area contributed by atoms with E-state index in [1.807, 2.05) is 18.3 Å². The number of piperazine rings is 1. The standard InChI is InChI=1S/C21H33N7O.HI/c1-5-22-21(25-15-18-13-19(16(2)3)26-29-18)24-14-17-6-7-23-20(12-17)28-10-8-27(4)9-11-28;/h6-7,12-13,16H,5,8-11,14-15H2,1-4H3,(H2,22,24,25);1H. The average Bonchev–Trinajstić information content (AvgIpc) is 3.20. The summed E-state index contributed by atoms with van der Waals surface area (Å²) in [5.74, 6) is 2.95. The maximum Gasteiger partial charge on any atom is 0.191 e. The van der Waals surface area contributed by atoms with Crippen LogP contribution in [-0.4, -0.2) is 60.8 Å². The van der Waals surface area contributed by atoms with Gasteiger partial charge >= 0.3 is 0 Å². The number of anilines is 1. The third-order valence-electron chi connectivity index (χ3n) is 5.00. The normalized spacial score (nSPS) is 15.2. The Morgan fingerprint density at radius 1 is 1.20 bits per heavy atom. The van der Waals surface area contributed by atoms with Crippen molar-refractivity contribution >= 4 is 35.8 Å². The molecular weight excluding hydrogens is 493 g/mol. The van der Waals surface area contributed by atoms with Gasteiger partial charge in [-0.3, -0.25) is 0 Å². The number of likely N-dealkylation sites (N-methyl/N-ethyl adjacent to an activating group) is 1. The molecule has 1 aliphatic rings. The number of rotatable bonds is 7. The zero-order valence-corrected chi connectivity index (χ0v) is 20.7. The number of aliphatic imine (C=N–C) groups is 1. The van der Waals surface area contributed by atoms with Crippen molar-refractivity contribution in [3.05, 3.63) is 41.4 Å². The second-order valence-electron chi connectivity index (χ2n) is 7.73. The lowest BCUT2D eigenvalue weighted by Crippen LogP contribution is -2.44. The first kappa shape index (κ1) is 24.4. The van der Waals surface area contributed by atoms with Crippen molar-refractivity contribution in [2.24, 2.45) is 4.99 Å². The molecule has 0 aromatic carbocycles. The summed E-state index contributed by atoms with van der Waals surface area (Å²) in [5, 5.41) is 10.7. The summed E-state index contributed by atoms with van der Waals surface area (Å²) in [7, 11) is 2.16. The van der Waals surface area contributed by atoms with Crippen LogP contribution in [0.1, 0.15) is 43.7 Å². The SMILES string of the molecule is CCNC(=NCc1ccnc(N2CCN(C)CC2)c1)NCc1cc(C(C)C)no1.I. The van der Waals surface area contributed by atoms with Gasteiger partial charge < -0.3 is 25.0 Å². The highest BCUT2D eigenvalue weighted by molar-refractivity contribution is 14.0. The molecule has 1 aliphatic heterocycles. The van der Waals surface area contributed by atoms with E-state index >= 15 is 0 Å². The molecule has 2 aromatic heterocycles. The number of aromatic nitrogens is 2. The van der Waals surface area contributed by atoms with Gasteiger partial charge in [0, 0.05) is 45.0 Å². The fraction of sp³-hybridized carbons (Fsp3) is 0.571. The zero-order valence-electron chi connectivity index (χ0n) is 18.4. The van der Waals surface area contributed by atoms with Crippen molar-refractivity contribution in [1.82, 2.24) is 25.7 Å². The molecule has 3 heterocycles. The number of halogens is 1. The molecule has 0 bridgehead atoms. The van der Waals surface area contributed by atoms with Crippen LogP contribution in [0.15, 0.2) is 33.9 Å². The van der Waals surface area contributed by atoms with Crippen molar-refractivity contribution < 1.29 is 4.52 Å². The number of nitrogens with zero attached hydrogens (tertiary/aromatic N) is 5. The third kappa shape index (κ3) is 7.12. The Hall–Kier alpha value is -1.88. The molecule has 9 heteroatoms. The van der Waals surface area contributed by atoms with Crippen LogP contribution >= 0.6 is 24.0 Å². The van der Waals surface area contributed by atoms with Crippen LogP contribution in [0.25, 0.3) is 0 Å². The summed E-state index contributed by atoms with van der Waals surface area (Å²) in [5.41, 5.74) is 2.12. The van der Waals surface area contributed by atoms with Crippen molar-refractivity contribution in [2.45, 2.75) is 39.8 Å². The molecule has 0 atom stereocenters. The molecule has 1 saturated heterocycles. The van der Waals surface area contributed by atoms with Crippen LogP contribution in [0.5, 0.6) is 0 Å². The summed E-state index contributed by atoms with van der Waals surface area (Å²) >= 11 is 0. The predicted molar refractivity (Wildman–Crippen MR) is 132 cm³/mol. The van der Waals surface area contributed by atoms with E-state index in [1.165, 1.54) is 0 Å². The minimum atomic E-state index is 0. The molecule has 0 radical (unpaired) electrons. The fourth-order valence-corrected chi connectivity index (χ4v) is 3.13. The number of nitrogens with one attached hydrogen (secondary N) is 2. The predicted octanol–water partition coefficient (Wildman–Crippen LogP) is 2.82. The minimum Gasteiger partial charge on any atom is -0.359 e. The van der Waals surface area contributed by atoms with E-state index in [0.717, 1.165) is 61.5 Å². The van der Waals surface area contributed by atoms with E-state index in [1.54, 1.807) is 0 Å². The molecule has 8 nitrogen and oxygen atoms in total. The zero-order chi connectivity index (χ0) is 20.6. The van der Waals surface area contributed by atoms with Crippen LogP contribution in [-0.2, 0) is 13.1 Å². The Morgan fingerprint density at radius 2 is 1.97 bits per heavy atom. The number of guanidine groups is 1. The first-order valence-corrected chi connectivity index (χ1v) is 10.4. The first-order chi connectivity index (χ1) is 14.0. The molecule has 2 N–H and O–H groups in total. The molecule has 0 amide bonds. The average molecular weight is 527 g/mol. The molecular formula is C21H34IN7O. The molecule has 0 aliphatic carbocycles. The van der Waals surface area contributed by atoms with Gasteiger partial charge in [0.05, 0.1) is 18.8 Å². The van der Waals surface area contributed by atoms with Crippen LogP contribution in [0, 0.1) is 0 Å². The summed E-state index contributed by atoms with van der Waals surface area (Å²) in [6.45, 7) is 12.4. The molecule has 0 saturated carbocycles. The van der Waals surface area contributed by atoms with E-state index in [4.69, 9.17) is 9.52 Å². The third-order valence-corrected chi connectivity index (χ3v) is 5.00. The van der Waals surface area contributed by atoms with E-state index < -0.39 is 0 Å². The van der Waals surface area contributed by atoms with Gasteiger partial charge in [0.2, 0.25) is 0 Å². The number of hydrogen-bond donors (Lipinski definition) is 2. The van der Waals surface area contributed by atoms with Crippen LogP contribution in [0.4, 0.5) is 5.82 Å². The summed E-state index contributed by atoms with van der Waals surface area (Å²) in [6.07, 6.45) is 1.88. The van der Waals surface area contributed by atoms with E-state index in [0.29, 0.717) is 19.0 Å². The highest BCUT2D eigenvalue weighted by Crippen LogP contribution is 2.16. The second kappa shape index (κ2) is 12.1. The smallest absolute Gasteiger partial charge is 0.191 e. The second-order valence-corrected chi connectivity index (χ2v) is 7.73. The lowest BCUT2D eigenvalue weighted by atomic mass is 10.1. The number of pyridine rings is 1. The van der Waals surface area contributed by atoms with E-state index in [2.05, 4.69) is 64.5 Å². The van der Waals surface area contributed by atoms with E-state index in [-0.39, 0.29) is 24.0 Å². The Labute approximate surface area is 196 Å². The maximum absolute atomic E-state index is 5.40. The van der Waals surface area contributed by atoms with Gasteiger partial charge in [-0.05, 0) is 37.6 Å². The van der Waals surface area contributed by atoms with Crippen molar-refractivity contribution in [1.29, 1.82) is 0 Å². The fourth-order valence-electron chi connectivity index (χ4n) is 3.13. The van der Waals surface area contributed by atoms with Gasteiger partial charge in [0.25, 0.3) is 0 Å². The molecule has 3 rings (SSSR count). The maximum atomic E-state index is 5.40. The van der Waals surface area contributed by atoms with Gasteiger partial charge in [0.1, 0.15) is 5.82 Å². The van der Waals surface area contributed by atoms with Gasteiger partial charge in [0.15, 0.2) is 11.7 Å². The number of hydrogen-bond acceptors (Lipinski definition) is 6. The summed E-state index contributed by atoms with van der Waals surface area (Å²) < 4.78 is 5.40. The molecule has 1 fully saturated rings. The van der Waals surface area contributed by atoms with Crippen molar-refractivity contribution in [3.63, 3.8) is 0 Å². The highest BCUT2D eigenvalue weighted by Gasteiger charge is 2.15. The summed E-state index contributed by atoms with van der Waals surface area (Å²) in [6, 6.07) is 6.16. The highest BCUT2D eigenvalue weighted by atomic mass is 127. The monoisotopic (exact) mass is 527 g/mol. The first-order valence-electron chi connectivity index (χ1n) is 10.4. The van der Waals surface area contributed by atoms with Gasteiger partial charge in [-0.15, -0.1) is 24.0 Å². The van der Waals surface area contributed by atoms with Gasteiger partial charge in [-0.2, -0.15) is 0 Å². The Balaban J connectivity index is 0.00000320. The lowest BCUT2D eigenvalue weighted by Gasteiger charge is -2.33.